The average molecular weight is 346 g/mol. The molecule has 0 fully saturated rings. The van der Waals surface area contributed by atoms with Crippen molar-refractivity contribution in [3.8, 4) is 0 Å². The maximum atomic E-state index is 12.0. The minimum absolute atomic E-state index is 0. The van der Waals surface area contributed by atoms with E-state index in [1.807, 2.05) is 6.92 Å². The van der Waals surface area contributed by atoms with Gasteiger partial charge in [-0.05, 0) is 12.1 Å². The zero-order valence-electron chi connectivity index (χ0n) is 12.9. The Bertz CT molecular complexity index is 465. The normalized spacial score (nSPS) is 11.1. The quantitative estimate of drug-likeness (QED) is 0.558. The van der Waals surface area contributed by atoms with Crippen LogP contribution in [0.3, 0.4) is 0 Å². The van der Waals surface area contributed by atoms with E-state index in [1.165, 1.54) is 0 Å². The number of sulfone groups is 1. The second-order valence-electron chi connectivity index (χ2n) is 3.98. The molecule has 4 heteroatoms. The first-order chi connectivity index (χ1) is 9.10. The summed E-state index contributed by atoms with van der Waals surface area (Å²) >= 11 is 0. The van der Waals surface area contributed by atoms with E-state index in [9.17, 15) is 8.42 Å². The summed E-state index contributed by atoms with van der Waals surface area (Å²) in [5, 5.41) is 2.68. The number of hydrogen-bond acceptors (Lipinski definition) is 2. The molecule has 0 spiro atoms. The Morgan fingerprint density at radius 2 is 1.70 bits per heavy atom. The van der Waals surface area contributed by atoms with Crippen LogP contribution in [-0.2, 0) is 29.3 Å². The van der Waals surface area contributed by atoms with Crippen LogP contribution < -0.4 is 0 Å². The third-order valence-electron chi connectivity index (χ3n) is 2.59. The number of unbranched alkanes of at least 4 members (excludes halogenated alkanes) is 1. The monoisotopic (exact) mass is 344 g/mol. The van der Waals surface area contributed by atoms with Crippen LogP contribution in [0, 0.1) is 12.3 Å². The number of allylic oxidation sites excluding steroid dienone is 1. The maximum absolute atomic E-state index is 12.0. The van der Waals surface area contributed by atoms with E-state index >= 15 is 0 Å². The third kappa shape index (κ3) is 7.96. The van der Waals surface area contributed by atoms with Crippen LogP contribution in [0.15, 0.2) is 40.8 Å². The van der Waals surface area contributed by atoms with Crippen LogP contribution in [-0.4, -0.2) is 8.42 Å². The fourth-order valence-corrected chi connectivity index (χ4v) is 2.80. The summed E-state index contributed by atoms with van der Waals surface area (Å²) in [5.41, 5.74) is 0.885. The Morgan fingerprint density at radius 3 is 2.15 bits per heavy atom. The van der Waals surface area contributed by atoms with Crippen molar-refractivity contribution in [3.05, 3.63) is 48.2 Å². The molecule has 1 aromatic rings. The standard InChI is InChI=1S/C14H19O2S.C2H5.Zn/c1-3-5-9-13(4-2)12-17(15,16)14-10-7-6-8-11-14;1-2;/h6-8,10-11H,3-5,9H2,1-2H3;1H2,2H3;/q2*-1;+2. The van der Waals surface area contributed by atoms with Crippen LogP contribution >= 0.6 is 0 Å². The Morgan fingerprint density at radius 1 is 1.15 bits per heavy atom. The van der Waals surface area contributed by atoms with Crippen molar-refractivity contribution in [2.24, 2.45) is 0 Å². The first-order valence-electron chi connectivity index (χ1n) is 6.73. The summed E-state index contributed by atoms with van der Waals surface area (Å²) in [6, 6.07) is 8.48. The summed E-state index contributed by atoms with van der Waals surface area (Å²) in [6.45, 7) is 9.07. The van der Waals surface area contributed by atoms with Crippen LogP contribution in [0.4, 0.5) is 0 Å². The van der Waals surface area contributed by atoms with Crippen molar-refractivity contribution in [1.82, 2.24) is 0 Å². The van der Waals surface area contributed by atoms with Gasteiger partial charge in [-0.25, -0.2) is 5.57 Å². The van der Waals surface area contributed by atoms with Gasteiger partial charge in [0.05, 0.1) is 0 Å². The van der Waals surface area contributed by atoms with Crippen molar-refractivity contribution >= 4 is 9.84 Å². The Kier molecular flexibility index (Phi) is 13.4. The zero-order valence-corrected chi connectivity index (χ0v) is 16.6. The van der Waals surface area contributed by atoms with Crippen LogP contribution in [0.1, 0.15) is 46.5 Å². The van der Waals surface area contributed by atoms with Crippen LogP contribution in [0.25, 0.3) is 0 Å². The fourth-order valence-electron chi connectivity index (χ4n) is 1.54. The molecule has 0 aliphatic heterocycles. The molecule has 0 amide bonds. The van der Waals surface area contributed by atoms with Crippen molar-refractivity contribution < 1.29 is 27.9 Å². The summed E-state index contributed by atoms with van der Waals surface area (Å²) < 4.78 is 24.1. The maximum Gasteiger partial charge on any atom is 2.00 e. The van der Waals surface area contributed by atoms with Crippen molar-refractivity contribution in [3.63, 3.8) is 0 Å². The molecule has 0 N–H and O–H groups in total. The van der Waals surface area contributed by atoms with Crippen LogP contribution in [0.2, 0.25) is 0 Å². The molecule has 20 heavy (non-hydrogen) atoms. The van der Waals surface area contributed by atoms with E-state index in [-0.39, 0.29) is 19.5 Å². The molecule has 0 atom stereocenters. The fraction of sp³-hybridized carbons (Fsp3) is 0.438. The molecule has 108 valence electrons. The molecule has 0 saturated carbocycles. The molecule has 0 heterocycles. The van der Waals surface area contributed by atoms with Crippen molar-refractivity contribution in [1.29, 1.82) is 0 Å². The van der Waals surface area contributed by atoms with Gasteiger partial charge in [0.1, 0.15) is 0 Å². The molecule has 0 unspecified atom stereocenters. The number of hydrogen-bond donors (Lipinski definition) is 0. The predicted molar refractivity (Wildman–Crippen MR) is 81.2 cm³/mol. The SMILES string of the molecule is CCCCC(=[C-]S(=O)(=O)c1ccccc1)CC.[CH2-]C.[Zn+2]. The van der Waals surface area contributed by atoms with E-state index < -0.39 is 9.84 Å². The van der Waals surface area contributed by atoms with Gasteiger partial charge in [-0.15, -0.1) is 0 Å². The number of rotatable bonds is 6. The second-order valence-corrected chi connectivity index (χ2v) is 5.66. The molecule has 2 nitrogen and oxygen atoms in total. The van der Waals surface area contributed by atoms with E-state index in [0.29, 0.717) is 4.90 Å². The van der Waals surface area contributed by atoms with Crippen LogP contribution in [0.5, 0.6) is 0 Å². The van der Waals surface area contributed by atoms with Gasteiger partial charge in [-0.2, -0.15) is 6.92 Å². The Hall–Kier alpha value is -0.467. The van der Waals surface area contributed by atoms with Gasteiger partial charge in [0.25, 0.3) is 0 Å². The van der Waals surface area contributed by atoms with E-state index in [0.717, 1.165) is 31.3 Å². The van der Waals surface area contributed by atoms with Gasteiger partial charge in [0, 0.05) is 14.7 Å². The second kappa shape index (κ2) is 12.3. The van der Waals surface area contributed by atoms with Gasteiger partial charge in [0.2, 0.25) is 0 Å². The molecule has 0 aromatic heterocycles. The topological polar surface area (TPSA) is 34.1 Å². The summed E-state index contributed by atoms with van der Waals surface area (Å²) in [6.07, 6.45) is 3.64. The molecule has 1 rings (SSSR count). The minimum Gasteiger partial charge on any atom is -0.360 e. The smallest absolute Gasteiger partial charge is 0.360 e. The molecule has 0 radical (unpaired) electrons. The van der Waals surface area contributed by atoms with Gasteiger partial charge in [-0.3, -0.25) is 8.42 Å². The van der Waals surface area contributed by atoms with Crippen molar-refractivity contribution in [2.45, 2.75) is 51.3 Å². The van der Waals surface area contributed by atoms with Gasteiger partial charge < -0.3 is 12.3 Å². The predicted octanol–water partition coefficient (Wildman–Crippen LogP) is 4.59. The molecule has 0 aliphatic rings. The van der Waals surface area contributed by atoms with Gasteiger partial charge in [-0.1, -0.05) is 57.7 Å². The molecule has 0 aliphatic carbocycles. The molecular formula is C16H24O2SZn. The Labute approximate surface area is 137 Å². The van der Waals surface area contributed by atoms with E-state index in [1.54, 1.807) is 37.3 Å². The zero-order chi connectivity index (χ0) is 14.7. The third-order valence-corrected chi connectivity index (χ3v) is 4.04. The molecule has 0 saturated heterocycles. The molecule has 1 aromatic carbocycles. The van der Waals surface area contributed by atoms with E-state index in [4.69, 9.17) is 0 Å². The Balaban J connectivity index is 0. The number of benzene rings is 1. The minimum atomic E-state index is -3.39. The summed E-state index contributed by atoms with van der Waals surface area (Å²) in [4.78, 5) is 0.322. The van der Waals surface area contributed by atoms with Gasteiger partial charge >= 0.3 is 19.5 Å². The largest absolute Gasteiger partial charge is 2.00 e. The summed E-state index contributed by atoms with van der Waals surface area (Å²) in [7, 11) is -3.39. The molecule has 0 bridgehead atoms. The molecular weight excluding hydrogens is 322 g/mol. The van der Waals surface area contributed by atoms with Gasteiger partial charge in [0.15, 0.2) is 0 Å². The first kappa shape index (κ1) is 21.8. The first-order valence-corrected chi connectivity index (χ1v) is 8.21. The summed E-state index contributed by atoms with van der Waals surface area (Å²) in [5.74, 6) is 0. The average Bonchev–Trinajstić information content (AvgIpc) is 2.46. The van der Waals surface area contributed by atoms with Crippen molar-refractivity contribution in [2.75, 3.05) is 0 Å². The van der Waals surface area contributed by atoms with E-state index in [2.05, 4.69) is 19.3 Å².